The third kappa shape index (κ3) is 2.40. The fourth-order valence-corrected chi connectivity index (χ4v) is 2.22. The van der Waals surface area contributed by atoms with Gasteiger partial charge in [0.1, 0.15) is 10.7 Å². The van der Waals surface area contributed by atoms with E-state index in [9.17, 15) is 17.6 Å². The maximum Gasteiger partial charge on any atom is 0.179 e. The Bertz CT molecular complexity index is 496. The van der Waals surface area contributed by atoms with Gasteiger partial charge in [0.2, 0.25) is 0 Å². The summed E-state index contributed by atoms with van der Waals surface area (Å²) in [7, 11) is -3.77. The van der Waals surface area contributed by atoms with Crippen molar-refractivity contribution < 1.29 is 17.6 Å². The predicted octanol–water partition coefficient (Wildman–Crippen LogP) is 0.371. The van der Waals surface area contributed by atoms with E-state index in [1.54, 1.807) is 0 Å². The summed E-state index contributed by atoms with van der Waals surface area (Å²) in [5.41, 5.74) is 4.91. The smallest absolute Gasteiger partial charge is 0.179 e. The summed E-state index contributed by atoms with van der Waals surface area (Å²) in [6.07, 6.45) is 0.846. The largest absolute Gasteiger partial charge is 0.324 e. The summed E-state index contributed by atoms with van der Waals surface area (Å²) in [6, 6.07) is 3.51. The van der Waals surface area contributed by atoms with Crippen molar-refractivity contribution in [3.05, 3.63) is 29.6 Å². The van der Waals surface area contributed by atoms with Crippen LogP contribution in [0.4, 0.5) is 4.39 Å². The zero-order valence-corrected chi connectivity index (χ0v) is 8.84. The number of ketones is 1. The lowest BCUT2D eigenvalue weighted by atomic mass is 10.1. The number of carbonyl (C=O) groups excluding carboxylic acids is 1. The van der Waals surface area contributed by atoms with Gasteiger partial charge in [-0.3, -0.25) is 4.79 Å². The average molecular weight is 231 g/mol. The van der Waals surface area contributed by atoms with Crippen LogP contribution in [0.2, 0.25) is 0 Å². The van der Waals surface area contributed by atoms with Gasteiger partial charge >= 0.3 is 0 Å². The van der Waals surface area contributed by atoms with Crippen molar-refractivity contribution in [3.8, 4) is 0 Å². The molecule has 1 aromatic rings. The Balaban J connectivity index is 3.54. The second kappa shape index (κ2) is 4.08. The van der Waals surface area contributed by atoms with Gasteiger partial charge in [-0.15, -0.1) is 0 Å². The molecule has 0 heterocycles. The lowest BCUT2D eigenvalue weighted by Gasteiger charge is -2.06. The number of hydrogen-bond donors (Lipinski definition) is 1. The fourth-order valence-electron chi connectivity index (χ4n) is 1.22. The minimum absolute atomic E-state index is 0.194. The summed E-state index contributed by atoms with van der Waals surface area (Å²) in [5.74, 6) is -1.54. The van der Waals surface area contributed by atoms with Crippen molar-refractivity contribution in [1.29, 1.82) is 0 Å². The van der Waals surface area contributed by atoms with Crippen molar-refractivity contribution in [2.75, 3.05) is 12.8 Å². The van der Waals surface area contributed by atoms with Gasteiger partial charge in [0.05, 0.1) is 6.54 Å². The van der Waals surface area contributed by atoms with E-state index in [1.165, 1.54) is 12.1 Å². The standard InChI is InChI=1S/C9H10FNO3S/c1-15(13,14)9-6(8(12)5-11)3-2-4-7(9)10/h2-4H,5,11H2,1H3. The molecule has 0 unspecified atom stereocenters. The quantitative estimate of drug-likeness (QED) is 0.762. The van der Waals surface area contributed by atoms with Crippen LogP contribution in [-0.2, 0) is 9.84 Å². The maximum absolute atomic E-state index is 13.3. The molecule has 0 aliphatic rings. The summed E-state index contributed by atoms with van der Waals surface area (Å²) in [6.45, 7) is -0.355. The Morgan fingerprint density at radius 2 is 2.07 bits per heavy atom. The zero-order chi connectivity index (χ0) is 11.6. The van der Waals surface area contributed by atoms with Gasteiger partial charge in [0.15, 0.2) is 15.6 Å². The molecule has 0 saturated heterocycles. The van der Waals surface area contributed by atoms with Crippen LogP contribution in [0.1, 0.15) is 10.4 Å². The maximum atomic E-state index is 13.3. The Morgan fingerprint density at radius 3 is 2.53 bits per heavy atom. The molecule has 4 nitrogen and oxygen atoms in total. The first kappa shape index (κ1) is 11.8. The third-order valence-corrected chi connectivity index (χ3v) is 2.98. The van der Waals surface area contributed by atoms with E-state index in [-0.39, 0.29) is 12.1 Å². The Morgan fingerprint density at radius 1 is 1.47 bits per heavy atom. The molecule has 0 amide bonds. The minimum Gasteiger partial charge on any atom is -0.324 e. The van der Waals surface area contributed by atoms with Crippen LogP contribution in [-0.4, -0.2) is 27.0 Å². The van der Waals surface area contributed by atoms with Gasteiger partial charge in [-0.1, -0.05) is 6.07 Å². The highest BCUT2D eigenvalue weighted by atomic mass is 32.2. The summed E-state index contributed by atoms with van der Waals surface area (Å²) in [4.78, 5) is 10.7. The first-order valence-corrected chi connectivity index (χ1v) is 5.99. The van der Waals surface area contributed by atoms with Crippen LogP contribution in [0.25, 0.3) is 0 Å². The van der Waals surface area contributed by atoms with Crippen molar-refractivity contribution in [1.82, 2.24) is 0 Å². The van der Waals surface area contributed by atoms with Crippen LogP contribution in [0, 0.1) is 5.82 Å². The second-order valence-electron chi connectivity index (χ2n) is 3.02. The van der Waals surface area contributed by atoms with Crippen LogP contribution in [0.3, 0.4) is 0 Å². The number of Topliss-reactive ketones (excluding diaryl/α,β-unsaturated/α-hetero) is 1. The topological polar surface area (TPSA) is 77.2 Å². The lowest BCUT2D eigenvalue weighted by Crippen LogP contribution is -2.18. The zero-order valence-electron chi connectivity index (χ0n) is 8.03. The molecule has 15 heavy (non-hydrogen) atoms. The minimum atomic E-state index is -3.77. The summed E-state index contributed by atoms with van der Waals surface area (Å²) in [5, 5.41) is 0. The fraction of sp³-hybridized carbons (Fsp3) is 0.222. The molecule has 0 aromatic heterocycles. The monoisotopic (exact) mass is 231 g/mol. The first-order valence-electron chi connectivity index (χ1n) is 4.09. The van der Waals surface area contributed by atoms with Crippen molar-refractivity contribution in [2.45, 2.75) is 4.90 Å². The molecule has 0 aliphatic carbocycles. The average Bonchev–Trinajstić information content (AvgIpc) is 2.14. The van der Waals surface area contributed by atoms with E-state index >= 15 is 0 Å². The van der Waals surface area contributed by atoms with E-state index < -0.39 is 26.3 Å². The molecular weight excluding hydrogens is 221 g/mol. The molecule has 0 atom stereocenters. The van der Waals surface area contributed by atoms with Crippen molar-refractivity contribution >= 4 is 15.6 Å². The summed E-state index contributed by atoms with van der Waals surface area (Å²) < 4.78 is 35.8. The first-order chi connectivity index (χ1) is 6.88. The highest BCUT2D eigenvalue weighted by molar-refractivity contribution is 7.90. The van der Waals surface area contributed by atoms with Gasteiger partial charge in [-0.2, -0.15) is 0 Å². The molecule has 0 fully saturated rings. The van der Waals surface area contributed by atoms with E-state index in [0.29, 0.717) is 0 Å². The summed E-state index contributed by atoms with van der Waals surface area (Å²) >= 11 is 0. The number of halogens is 1. The molecule has 0 radical (unpaired) electrons. The highest BCUT2D eigenvalue weighted by Gasteiger charge is 2.21. The number of nitrogens with two attached hydrogens (primary N) is 1. The van der Waals surface area contributed by atoms with E-state index in [2.05, 4.69) is 0 Å². The molecule has 1 aromatic carbocycles. The van der Waals surface area contributed by atoms with E-state index in [1.807, 2.05) is 0 Å². The molecule has 2 N–H and O–H groups in total. The number of benzene rings is 1. The van der Waals surface area contributed by atoms with Gasteiger partial charge in [-0.05, 0) is 12.1 Å². The number of hydrogen-bond acceptors (Lipinski definition) is 4. The molecule has 0 spiro atoms. The lowest BCUT2D eigenvalue weighted by molar-refractivity contribution is 0.0997. The van der Waals surface area contributed by atoms with E-state index in [4.69, 9.17) is 5.73 Å². The van der Waals surface area contributed by atoms with Gasteiger partial charge in [0.25, 0.3) is 0 Å². The van der Waals surface area contributed by atoms with Gasteiger partial charge in [-0.25, -0.2) is 12.8 Å². The molecule has 0 saturated carbocycles. The molecule has 1 rings (SSSR count). The number of sulfone groups is 1. The predicted molar refractivity (Wildman–Crippen MR) is 52.9 cm³/mol. The molecule has 6 heteroatoms. The SMILES string of the molecule is CS(=O)(=O)c1c(F)cccc1C(=O)CN. The van der Waals surface area contributed by atoms with Crippen LogP contribution < -0.4 is 5.73 Å². The molecule has 0 aliphatic heterocycles. The van der Waals surface area contributed by atoms with Crippen LogP contribution in [0.5, 0.6) is 0 Å². The van der Waals surface area contributed by atoms with Crippen LogP contribution in [0.15, 0.2) is 23.1 Å². The second-order valence-corrected chi connectivity index (χ2v) is 4.97. The Kier molecular flexibility index (Phi) is 3.21. The number of carbonyl (C=O) groups is 1. The van der Waals surface area contributed by atoms with E-state index in [0.717, 1.165) is 12.3 Å². The van der Waals surface area contributed by atoms with Gasteiger partial charge < -0.3 is 5.73 Å². The Hall–Kier alpha value is -1.27. The Labute approximate surface area is 86.8 Å². The number of rotatable bonds is 3. The van der Waals surface area contributed by atoms with Gasteiger partial charge in [0, 0.05) is 11.8 Å². The molecular formula is C9H10FNO3S. The third-order valence-electron chi connectivity index (χ3n) is 1.82. The van der Waals surface area contributed by atoms with Crippen molar-refractivity contribution in [2.24, 2.45) is 5.73 Å². The normalized spacial score (nSPS) is 11.4. The van der Waals surface area contributed by atoms with Crippen molar-refractivity contribution in [3.63, 3.8) is 0 Å². The molecule has 0 bridgehead atoms. The molecule has 82 valence electrons. The van der Waals surface area contributed by atoms with Crippen LogP contribution >= 0.6 is 0 Å². The highest BCUT2D eigenvalue weighted by Crippen LogP contribution is 2.19.